The van der Waals surface area contributed by atoms with Gasteiger partial charge in [-0.3, -0.25) is 0 Å². The van der Waals surface area contributed by atoms with Gasteiger partial charge in [-0.05, 0) is 20.8 Å². The van der Waals surface area contributed by atoms with E-state index in [0.29, 0.717) is 6.54 Å². The maximum absolute atomic E-state index is 5.14. The Morgan fingerprint density at radius 3 is 2.50 bits per heavy atom. The number of aromatic nitrogens is 3. The van der Waals surface area contributed by atoms with Crippen molar-refractivity contribution in [2.75, 3.05) is 17.7 Å². The van der Waals surface area contributed by atoms with Crippen LogP contribution in [0.2, 0.25) is 0 Å². The third-order valence-electron chi connectivity index (χ3n) is 2.60. The smallest absolute Gasteiger partial charge is 0.156 e. The molecular weight excluding hydrogens is 230 g/mol. The fourth-order valence-electron chi connectivity index (χ4n) is 1.71. The minimum Gasteiger partial charge on any atom is -0.373 e. The van der Waals surface area contributed by atoms with Crippen LogP contribution in [0.3, 0.4) is 0 Å². The van der Waals surface area contributed by atoms with Gasteiger partial charge in [0, 0.05) is 18.7 Å². The summed E-state index contributed by atoms with van der Waals surface area (Å²) in [5.74, 6) is 3.15. The predicted octanol–water partition coefficient (Wildman–Crippen LogP) is 2.04. The second kappa shape index (κ2) is 5.03. The van der Waals surface area contributed by atoms with Crippen LogP contribution in [0, 0.1) is 20.8 Å². The average Bonchev–Trinajstić information content (AvgIpc) is 2.75. The van der Waals surface area contributed by atoms with Crippen LogP contribution in [0.5, 0.6) is 0 Å². The Morgan fingerprint density at radius 1 is 1.17 bits per heavy atom. The standard InChI is InChI=1S/C12H17N5O/c1-7-5-10(18-17-7)6-14-12-8(2)11(13-4)15-9(3)16-12/h5H,6H2,1-4H3,(H2,13,14,15,16). The molecular formula is C12H17N5O. The van der Waals surface area contributed by atoms with E-state index in [0.717, 1.165) is 34.5 Å². The van der Waals surface area contributed by atoms with Crippen LogP contribution < -0.4 is 10.6 Å². The molecule has 0 amide bonds. The van der Waals surface area contributed by atoms with Crippen molar-refractivity contribution in [2.45, 2.75) is 27.3 Å². The number of hydrogen-bond acceptors (Lipinski definition) is 6. The van der Waals surface area contributed by atoms with Gasteiger partial charge in [-0.2, -0.15) is 0 Å². The molecule has 0 saturated carbocycles. The maximum atomic E-state index is 5.14. The molecule has 0 aliphatic rings. The Hall–Kier alpha value is -2.11. The molecule has 2 aromatic rings. The molecule has 0 spiro atoms. The quantitative estimate of drug-likeness (QED) is 0.861. The number of nitrogens with one attached hydrogen (secondary N) is 2. The second-order valence-electron chi connectivity index (χ2n) is 4.13. The molecule has 2 heterocycles. The van der Waals surface area contributed by atoms with E-state index in [4.69, 9.17) is 4.52 Å². The van der Waals surface area contributed by atoms with Gasteiger partial charge in [0.15, 0.2) is 5.76 Å². The Labute approximate surface area is 106 Å². The van der Waals surface area contributed by atoms with Crippen LogP contribution in [-0.2, 0) is 6.54 Å². The van der Waals surface area contributed by atoms with Gasteiger partial charge >= 0.3 is 0 Å². The van der Waals surface area contributed by atoms with Gasteiger partial charge in [0.25, 0.3) is 0 Å². The lowest BCUT2D eigenvalue weighted by Gasteiger charge is -2.11. The van der Waals surface area contributed by atoms with E-state index in [1.54, 1.807) is 0 Å². The van der Waals surface area contributed by atoms with Gasteiger partial charge < -0.3 is 15.2 Å². The lowest BCUT2D eigenvalue weighted by Crippen LogP contribution is -2.08. The highest BCUT2D eigenvalue weighted by Gasteiger charge is 2.08. The molecule has 0 saturated heterocycles. The van der Waals surface area contributed by atoms with Crippen LogP contribution >= 0.6 is 0 Å². The first-order chi connectivity index (χ1) is 8.60. The second-order valence-corrected chi connectivity index (χ2v) is 4.13. The van der Waals surface area contributed by atoms with Crippen molar-refractivity contribution in [3.05, 3.63) is 28.9 Å². The highest BCUT2D eigenvalue weighted by molar-refractivity contribution is 5.56. The normalized spacial score (nSPS) is 10.4. The summed E-state index contributed by atoms with van der Waals surface area (Å²) < 4.78 is 5.14. The molecule has 0 radical (unpaired) electrons. The van der Waals surface area contributed by atoms with Crippen molar-refractivity contribution in [1.82, 2.24) is 15.1 Å². The molecule has 2 aromatic heterocycles. The van der Waals surface area contributed by atoms with Gasteiger partial charge in [0.05, 0.1) is 12.2 Å². The van der Waals surface area contributed by atoms with E-state index in [1.807, 2.05) is 33.9 Å². The van der Waals surface area contributed by atoms with Gasteiger partial charge in [-0.15, -0.1) is 0 Å². The summed E-state index contributed by atoms with van der Waals surface area (Å²) in [7, 11) is 1.85. The van der Waals surface area contributed by atoms with Crippen molar-refractivity contribution < 1.29 is 4.52 Å². The molecule has 0 unspecified atom stereocenters. The highest BCUT2D eigenvalue weighted by atomic mass is 16.5. The largest absolute Gasteiger partial charge is 0.373 e. The molecule has 0 atom stereocenters. The summed E-state index contributed by atoms with van der Waals surface area (Å²) in [6.45, 7) is 6.29. The Kier molecular flexibility index (Phi) is 3.45. The van der Waals surface area contributed by atoms with E-state index >= 15 is 0 Å². The molecule has 2 rings (SSSR count). The lowest BCUT2D eigenvalue weighted by molar-refractivity contribution is 0.384. The van der Waals surface area contributed by atoms with E-state index in [9.17, 15) is 0 Å². The summed E-state index contributed by atoms with van der Waals surface area (Å²) >= 11 is 0. The van der Waals surface area contributed by atoms with Crippen molar-refractivity contribution in [1.29, 1.82) is 0 Å². The number of hydrogen-bond donors (Lipinski definition) is 2. The van der Waals surface area contributed by atoms with Gasteiger partial charge in [0.2, 0.25) is 0 Å². The first kappa shape index (κ1) is 12.3. The Bertz CT molecular complexity index is 549. The van der Waals surface area contributed by atoms with E-state index in [1.165, 1.54) is 0 Å². The number of aryl methyl sites for hydroxylation is 2. The molecule has 6 nitrogen and oxygen atoms in total. The number of rotatable bonds is 4. The van der Waals surface area contributed by atoms with Gasteiger partial charge in [0.1, 0.15) is 17.5 Å². The monoisotopic (exact) mass is 247 g/mol. The first-order valence-electron chi connectivity index (χ1n) is 5.79. The number of anilines is 2. The lowest BCUT2D eigenvalue weighted by atomic mass is 10.3. The molecule has 0 bridgehead atoms. The predicted molar refractivity (Wildman–Crippen MR) is 69.6 cm³/mol. The van der Waals surface area contributed by atoms with Crippen LogP contribution in [0.15, 0.2) is 10.6 Å². The zero-order chi connectivity index (χ0) is 13.1. The van der Waals surface area contributed by atoms with Crippen molar-refractivity contribution in [3.8, 4) is 0 Å². The van der Waals surface area contributed by atoms with Crippen molar-refractivity contribution >= 4 is 11.6 Å². The SMILES string of the molecule is CNc1nc(C)nc(NCc2cc(C)no2)c1C. The molecule has 0 aromatic carbocycles. The summed E-state index contributed by atoms with van der Waals surface area (Å²) in [5, 5.41) is 10.1. The van der Waals surface area contributed by atoms with Crippen LogP contribution in [0.1, 0.15) is 22.8 Å². The van der Waals surface area contributed by atoms with Gasteiger partial charge in [-0.25, -0.2) is 9.97 Å². The van der Waals surface area contributed by atoms with E-state index < -0.39 is 0 Å². The summed E-state index contributed by atoms with van der Waals surface area (Å²) in [6.07, 6.45) is 0. The molecule has 2 N–H and O–H groups in total. The average molecular weight is 247 g/mol. The Morgan fingerprint density at radius 2 is 1.89 bits per heavy atom. The molecule has 96 valence electrons. The Balaban J connectivity index is 2.16. The van der Waals surface area contributed by atoms with Crippen LogP contribution in [-0.4, -0.2) is 22.2 Å². The minimum absolute atomic E-state index is 0.557. The third kappa shape index (κ3) is 2.58. The zero-order valence-electron chi connectivity index (χ0n) is 11.0. The topological polar surface area (TPSA) is 75.9 Å². The fraction of sp³-hybridized carbons (Fsp3) is 0.417. The first-order valence-corrected chi connectivity index (χ1v) is 5.79. The third-order valence-corrected chi connectivity index (χ3v) is 2.60. The molecule has 6 heteroatoms. The van der Waals surface area contributed by atoms with Crippen LogP contribution in [0.25, 0.3) is 0 Å². The molecule has 0 fully saturated rings. The maximum Gasteiger partial charge on any atom is 0.156 e. The summed E-state index contributed by atoms with van der Waals surface area (Å²) in [4.78, 5) is 8.69. The highest BCUT2D eigenvalue weighted by Crippen LogP contribution is 2.19. The summed E-state index contributed by atoms with van der Waals surface area (Å²) in [6, 6.07) is 1.90. The minimum atomic E-state index is 0.557. The zero-order valence-corrected chi connectivity index (χ0v) is 11.0. The van der Waals surface area contributed by atoms with Crippen molar-refractivity contribution in [3.63, 3.8) is 0 Å². The van der Waals surface area contributed by atoms with Crippen molar-refractivity contribution in [2.24, 2.45) is 0 Å². The molecule has 0 aliphatic carbocycles. The summed E-state index contributed by atoms with van der Waals surface area (Å²) in [5.41, 5.74) is 1.86. The molecule has 0 aliphatic heterocycles. The fourth-order valence-corrected chi connectivity index (χ4v) is 1.71. The van der Waals surface area contributed by atoms with E-state index in [-0.39, 0.29) is 0 Å². The van der Waals surface area contributed by atoms with E-state index in [2.05, 4.69) is 25.8 Å². The van der Waals surface area contributed by atoms with Crippen LogP contribution in [0.4, 0.5) is 11.6 Å². The van der Waals surface area contributed by atoms with Gasteiger partial charge in [-0.1, -0.05) is 5.16 Å². The number of nitrogens with zero attached hydrogens (tertiary/aromatic N) is 3. The molecule has 18 heavy (non-hydrogen) atoms.